The van der Waals surface area contributed by atoms with Crippen LogP contribution in [0.2, 0.25) is 0 Å². The Bertz CT molecular complexity index is 1220. The van der Waals surface area contributed by atoms with Gasteiger partial charge in [-0.05, 0) is 37.3 Å². The third kappa shape index (κ3) is 5.67. The van der Waals surface area contributed by atoms with Gasteiger partial charge < -0.3 is 16.0 Å². The summed E-state index contributed by atoms with van der Waals surface area (Å²) >= 11 is 1.75. The van der Waals surface area contributed by atoms with Crippen molar-refractivity contribution >= 4 is 34.6 Å². The lowest BCUT2D eigenvalue weighted by Crippen LogP contribution is -2.42. The normalized spacial score (nSPS) is 14.2. The van der Waals surface area contributed by atoms with E-state index < -0.39 is 0 Å². The number of hydrogen-bond acceptors (Lipinski definition) is 10. The number of piperazine rings is 1. The van der Waals surface area contributed by atoms with Gasteiger partial charge in [-0.15, -0.1) is 11.3 Å². The quantitative estimate of drug-likeness (QED) is 0.382. The maximum Gasteiger partial charge on any atom is 0.229 e. The fraction of sp³-hybridized carbons (Fsp3) is 0.261. The molecular weight excluding hydrogens is 434 g/mol. The molecule has 10 heteroatoms. The summed E-state index contributed by atoms with van der Waals surface area (Å²) in [5.41, 5.74) is 2.65. The van der Waals surface area contributed by atoms with Gasteiger partial charge in [-0.2, -0.15) is 4.98 Å². The van der Waals surface area contributed by atoms with Crippen LogP contribution < -0.4 is 16.0 Å². The molecule has 9 nitrogen and oxygen atoms in total. The molecule has 0 saturated carbocycles. The molecule has 0 amide bonds. The molecule has 4 aromatic rings. The van der Waals surface area contributed by atoms with Crippen LogP contribution in [0.25, 0.3) is 11.5 Å². The summed E-state index contributed by atoms with van der Waals surface area (Å²) in [5.74, 6) is 2.37. The third-order valence-electron chi connectivity index (χ3n) is 5.18. The van der Waals surface area contributed by atoms with Crippen LogP contribution in [0.5, 0.6) is 0 Å². The molecule has 0 radical (unpaired) electrons. The molecule has 0 unspecified atom stereocenters. The van der Waals surface area contributed by atoms with E-state index in [9.17, 15) is 0 Å². The van der Waals surface area contributed by atoms with Crippen molar-refractivity contribution in [1.29, 1.82) is 0 Å². The van der Waals surface area contributed by atoms with E-state index in [0.29, 0.717) is 23.4 Å². The SMILES string of the molecule is Cc1cccc(-c2nccc(Nc3ccnc(Nc4csc(CN5CCNCC5)c4)n3)n2)n1. The minimum atomic E-state index is 0.529. The lowest BCUT2D eigenvalue weighted by Gasteiger charge is -2.26. The van der Waals surface area contributed by atoms with E-state index in [1.54, 1.807) is 35.9 Å². The van der Waals surface area contributed by atoms with E-state index in [4.69, 9.17) is 0 Å². The number of rotatable bonds is 7. The lowest BCUT2D eigenvalue weighted by molar-refractivity contribution is 0.235. The van der Waals surface area contributed by atoms with Gasteiger partial charge in [0, 0.05) is 61.1 Å². The Morgan fingerprint density at radius 3 is 2.64 bits per heavy atom. The van der Waals surface area contributed by atoms with Gasteiger partial charge in [-0.25, -0.2) is 19.9 Å². The molecule has 1 fully saturated rings. The third-order valence-corrected chi connectivity index (χ3v) is 6.11. The van der Waals surface area contributed by atoms with Crippen LogP contribution in [0, 0.1) is 6.92 Å². The molecule has 0 aliphatic carbocycles. The Kier molecular flexibility index (Phi) is 6.47. The molecule has 1 saturated heterocycles. The van der Waals surface area contributed by atoms with Gasteiger partial charge in [0.25, 0.3) is 0 Å². The number of nitrogens with one attached hydrogen (secondary N) is 3. The average molecular weight is 460 g/mol. The van der Waals surface area contributed by atoms with Crippen molar-refractivity contribution in [3.8, 4) is 11.5 Å². The number of hydrogen-bond donors (Lipinski definition) is 3. The molecule has 5 heterocycles. The van der Waals surface area contributed by atoms with Gasteiger partial charge in [0.1, 0.15) is 17.3 Å². The van der Waals surface area contributed by atoms with Gasteiger partial charge in [-0.1, -0.05) is 6.07 Å². The van der Waals surface area contributed by atoms with Crippen LogP contribution in [-0.4, -0.2) is 56.0 Å². The molecule has 4 aromatic heterocycles. The second-order valence-corrected chi connectivity index (χ2v) is 8.77. The summed E-state index contributed by atoms with van der Waals surface area (Å²) in [4.78, 5) is 26.2. The topological polar surface area (TPSA) is 104 Å². The van der Waals surface area contributed by atoms with Crippen molar-refractivity contribution in [2.24, 2.45) is 0 Å². The van der Waals surface area contributed by atoms with E-state index in [1.165, 1.54) is 4.88 Å². The molecule has 0 atom stereocenters. The van der Waals surface area contributed by atoms with Crippen LogP contribution in [0.15, 0.2) is 54.2 Å². The highest BCUT2D eigenvalue weighted by molar-refractivity contribution is 7.10. The molecule has 0 bridgehead atoms. The predicted octanol–water partition coefficient (Wildman–Crippen LogP) is 3.59. The Morgan fingerprint density at radius 1 is 0.970 bits per heavy atom. The zero-order valence-electron chi connectivity index (χ0n) is 18.3. The molecule has 3 N–H and O–H groups in total. The average Bonchev–Trinajstić information content (AvgIpc) is 3.27. The van der Waals surface area contributed by atoms with Crippen LogP contribution in [-0.2, 0) is 6.54 Å². The molecule has 33 heavy (non-hydrogen) atoms. The summed E-state index contributed by atoms with van der Waals surface area (Å²) < 4.78 is 0. The largest absolute Gasteiger partial charge is 0.325 e. The highest BCUT2D eigenvalue weighted by Gasteiger charge is 2.12. The molecule has 5 rings (SSSR count). The van der Waals surface area contributed by atoms with Crippen molar-refractivity contribution in [3.63, 3.8) is 0 Å². The second kappa shape index (κ2) is 9.99. The summed E-state index contributed by atoms with van der Waals surface area (Å²) in [7, 11) is 0. The van der Waals surface area contributed by atoms with E-state index in [0.717, 1.165) is 49.8 Å². The van der Waals surface area contributed by atoms with Gasteiger partial charge in [0.15, 0.2) is 5.82 Å². The maximum absolute atomic E-state index is 4.58. The summed E-state index contributed by atoms with van der Waals surface area (Å²) in [6, 6.07) is 11.6. The summed E-state index contributed by atoms with van der Waals surface area (Å²) in [5, 5.41) is 12.0. The Morgan fingerprint density at radius 2 is 1.79 bits per heavy atom. The Balaban J connectivity index is 1.25. The van der Waals surface area contributed by atoms with E-state index in [-0.39, 0.29) is 0 Å². The van der Waals surface area contributed by atoms with Crippen LogP contribution in [0.3, 0.4) is 0 Å². The molecule has 168 valence electrons. The van der Waals surface area contributed by atoms with Gasteiger partial charge in [-0.3, -0.25) is 4.90 Å². The van der Waals surface area contributed by atoms with Crippen LogP contribution in [0.1, 0.15) is 10.6 Å². The first-order chi connectivity index (χ1) is 16.2. The molecular formula is C23H25N9S. The monoisotopic (exact) mass is 459 g/mol. The lowest BCUT2D eigenvalue weighted by atomic mass is 10.3. The Labute approximate surface area is 196 Å². The zero-order valence-corrected chi connectivity index (χ0v) is 19.1. The van der Waals surface area contributed by atoms with Crippen molar-refractivity contribution in [2.45, 2.75) is 13.5 Å². The minimum Gasteiger partial charge on any atom is -0.325 e. The van der Waals surface area contributed by atoms with E-state index >= 15 is 0 Å². The number of thiophene rings is 1. The fourth-order valence-corrected chi connectivity index (χ4v) is 4.44. The Hall–Kier alpha value is -3.47. The van der Waals surface area contributed by atoms with Crippen molar-refractivity contribution in [3.05, 3.63) is 64.7 Å². The van der Waals surface area contributed by atoms with Gasteiger partial charge in [0.05, 0.1) is 5.69 Å². The second-order valence-electron chi connectivity index (χ2n) is 7.77. The number of nitrogens with zero attached hydrogens (tertiary/aromatic N) is 6. The zero-order chi connectivity index (χ0) is 22.5. The molecule has 0 spiro atoms. The highest BCUT2D eigenvalue weighted by Crippen LogP contribution is 2.24. The van der Waals surface area contributed by atoms with Crippen molar-refractivity contribution in [2.75, 3.05) is 36.8 Å². The summed E-state index contributed by atoms with van der Waals surface area (Å²) in [6.07, 6.45) is 3.43. The van der Waals surface area contributed by atoms with Gasteiger partial charge >= 0.3 is 0 Å². The standard InChI is InChI=1S/C23H25N9S/c1-16-3-2-4-19(27-16)22-25-7-5-20(30-22)29-21-6-8-26-23(31-21)28-17-13-18(33-15-17)14-32-11-9-24-10-12-32/h2-8,13,15,24H,9-12,14H2,1H3,(H2,25,26,28,29,30,31). The maximum atomic E-state index is 4.58. The van der Waals surface area contributed by atoms with Crippen LogP contribution in [0.4, 0.5) is 23.3 Å². The van der Waals surface area contributed by atoms with Crippen molar-refractivity contribution in [1.82, 2.24) is 35.1 Å². The predicted molar refractivity (Wildman–Crippen MR) is 131 cm³/mol. The van der Waals surface area contributed by atoms with Crippen molar-refractivity contribution < 1.29 is 0 Å². The molecule has 1 aliphatic rings. The number of anilines is 4. The van der Waals surface area contributed by atoms with E-state index in [1.807, 2.05) is 25.1 Å². The molecule has 1 aliphatic heterocycles. The number of aromatic nitrogens is 5. The number of aryl methyl sites for hydroxylation is 1. The fourth-order valence-electron chi connectivity index (χ4n) is 3.59. The minimum absolute atomic E-state index is 0.529. The smallest absolute Gasteiger partial charge is 0.229 e. The highest BCUT2D eigenvalue weighted by atomic mass is 32.1. The first-order valence-electron chi connectivity index (χ1n) is 10.9. The van der Waals surface area contributed by atoms with Gasteiger partial charge in [0.2, 0.25) is 5.95 Å². The first-order valence-corrected chi connectivity index (χ1v) is 11.7. The van der Waals surface area contributed by atoms with Crippen LogP contribution >= 0.6 is 11.3 Å². The number of pyridine rings is 1. The molecule has 0 aromatic carbocycles. The van der Waals surface area contributed by atoms with E-state index in [2.05, 4.69) is 57.2 Å². The summed E-state index contributed by atoms with van der Waals surface area (Å²) in [6.45, 7) is 7.20. The first kappa shape index (κ1) is 21.4.